The average molecular weight is 377 g/mol. The van der Waals surface area contributed by atoms with Gasteiger partial charge >= 0.3 is 6.09 Å². The van der Waals surface area contributed by atoms with Gasteiger partial charge in [0.1, 0.15) is 6.61 Å². The molecule has 1 aliphatic rings. The first-order valence-electron chi connectivity index (χ1n) is 8.98. The standard InChI is InChI=1S/C20H19N5O3/c1-13-16-15(23-18(24-19(16)26)17-21-9-5-10-22-17)8-11-25(13)20(27)28-12-14-6-3-2-4-7-14/h2-7,9-10,13H,8,11-12H2,1H3,(H,23,24,26). The molecule has 1 aliphatic heterocycles. The normalized spacial score (nSPS) is 15.8. The van der Waals surface area contributed by atoms with Crippen LogP contribution in [0, 0.1) is 0 Å². The van der Waals surface area contributed by atoms with Crippen LogP contribution in [-0.2, 0) is 17.8 Å². The predicted molar refractivity (Wildman–Crippen MR) is 100 cm³/mol. The molecule has 0 saturated carbocycles. The van der Waals surface area contributed by atoms with Gasteiger partial charge in [-0.25, -0.2) is 19.7 Å². The van der Waals surface area contributed by atoms with Crippen LogP contribution in [0.4, 0.5) is 4.79 Å². The maximum absolute atomic E-state index is 12.6. The molecule has 0 saturated heterocycles. The van der Waals surface area contributed by atoms with E-state index in [0.717, 1.165) is 5.56 Å². The van der Waals surface area contributed by atoms with E-state index in [1.165, 1.54) is 0 Å². The number of hydrogen-bond acceptors (Lipinski definition) is 7. The third-order valence-electron chi connectivity index (χ3n) is 4.68. The van der Waals surface area contributed by atoms with E-state index in [4.69, 9.17) is 4.74 Å². The summed E-state index contributed by atoms with van der Waals surface area (Å²) in [4.78, 5) is 31.0. The smallest absolute Gasteiger partial charge is 0.410 e. The highest BCUT2D eigenvalue weighted by Gasteiger charge is 2.33. The Balaban J connectivity index is 1.53. The zero-order valence-electron chi connectivity index (χ0n) is 15.3. The van der Waals surface area contributed by atoms with E-state index >= 15 is 0 Å². The zero-order valence-corrected chi connectivity index (χ0v) is 15.3. The molecule has 0 bridgehead atoms. The van der Waals surface area contributed by atoms with Crippen molar-refractivity contribution in [2.75, 3.05) is 6.54 Å². The van der Waals surface area contributed by atoms with Crippen molar-refractivity contribution in [3.63, 3.8) is 0 Å². The first-order chi connectivity index (χ1) is 13.6. The van der Waals surface area contributed by atoms with Crippen molar-refractivity contribution in [2.24, 2.45) is 0 Å². The topological polar surface area (TPSA) is 101 Å². The van der Waals surface area contributed by atoms with Crippen molar-refractivity contribution in [1.29, 1.82) is 0 Å². The lowest BCUT2D eigenvalue weighted by molar-refractivity contribution is 0.0793. The molecule has 0 spiro atoms. The number of ether oxygens (including phenoxy) is 1. The number of aromatic nitrogens is 4. The number of fused-ring (bicyclic) bond motifs is 1. The summed E-state index contributed by atoms with van der Waals surface area (Å²) >= 11 is 0. The van der Waals surface area contributed by atoms with Crippen molar-refractivity contribution in [1.82, 2.24) is 24.8 Å². The molecule has 1 amide bonds. The number of aromatic hydroxyl groups is 1. The Hall–Kier alpha value is -3.55. The molecule has 4 rings (SSSR count). The van der Waals surface area contributed by atoms with Crippen molar-refractivity contribution in [3.8, 4) is 17.5 Å². The van der Waals surface area contributed by atoms with Crippen LogP contribution < -0.4 is 0 Å². The molecule has 8 nitrogen and oxygen atoms in total. The number of rotatable bonds is 3. The van der Waals surface area contributed by atoms with Gasteiger partial charge in [0.15, 0.2) is 5.82 Å². The summed E-state index contributed by atoms with van der Waals surface area (Å²) in [6.07, 6.45) is 3.23. The van der Waals surface area contributed by atoms with E-state index in [1.54, 1.807) is 23.4 Å². The molecule has 1 atom stereocenters. The second-order valence-corrected chi connectivity index (χ2v) is 6.46. The summed E-state index contributed by atoms with van der Waals surface area (Å²) < 4.78 is 5.43. The molecular weight excluding hydrogens is 358 g/mol. The number of carbonyl (C=O) groups is 1. The van der Waals surface area contributed by atoms with Crippen LogP contribution in [0.25, 0.3) is 11.6 Å². The van der Waals surface area contributed by atoms with Gasteiger partial charge in [0, 0.05) is 25.4 Å². The maximum Gasteiger partial charge on any atom is 0.410 e. The number of amides is 1. The van der Waals surface area contributed by atoms with E-state index in [9.17, 15) is 9.90 Å². The minimum absolute atomic E-state index is 0.166. The number of benzene rings is 1. The molecular formula is C20H19N5O3. The summed E-state index contributed by atoms with van der Waals surface area (Å²) in [6, 6.07) is 10.8. The average Bonchev–Trinajstić information content (AvgIpc) is 2.73. The Morgan fingerprint density at radius 2 is 1.89 bits per heavy atom. The van der Waals surface area contributed by atoms with E-state index in [1.807, 2.05) is 37.3 Å². The number of carbonyl (C=O) groups excluding carboxylic acids is 1. The van der Waals surface area contributed by atoms with Crippen LogP contribution in [0.1, 0.15) is 29.8 Å². The fourth-order valence-corrected chi connectivity index (χ4v) is 3.26. The molecule has 0 fully saturated rings. The Labute approximate surface area is 161 Å². The highest BCUT2D eigenvalue weighted by Crippen LogP contribution is 2.35. The van der Waals surface area contributed by atoms with Gasteiger partial charge in [-0.2, -0.15) is 4.98 Å². The summed E-state index contributed by atoms with van der Waals surface area (Å²) in [5, 5.41) is 10.5. The maximum atomic E-state index is 12.6. The van der Waals surface area contributed by atoms with Gasteiger partial charge in [-0.05, 0) is 18.6 Å². The fraction of sp³-hybridized carbons (Fsp3) is 0.250. The van der Waals surface area contributed by atoms with Gasteiger partial charge in [0.25, 0.3) is 0 Å². The largest absolute Gasteiger partial charge is 0.493 e. The van der Waals surface area contributed by atoms with Crippen LogP contribution in [0.5, 0.6) is 5.88 Å². The van der Waals surface area contributed by atoms with E-state index in [-0.39, 0.29) is 18.3 Å². The van der Waals surface area contributed by atoms with E-state index < -0.39 is 12.1 Å². The Bertz CT molecular complexity index is 982. The number of nitrogens with zero attached hydrogens (tertiary/aromatic N) is 5. The molecule has 0 aliphatic carbocycles. The second-order valence-electron chi connectivity index (χ2n) is 6.46. The van der Waals surface area contributed by atoms with Gasteiger partial charge in [-0.3, -0.25) is 0 Å². The van der Waals surface area contributed by atoms with Gasteiger partial charge in [0.05, 0.1) is 17.3 Å². The molecule has 142 valence electrons. The predicted octanol–water partition coefficient (Wildman–Crippen LogP) is 2.90. The van der Waals surface area contributed by atoms with Crippen molar-refractivity contribution in [2.45, 2.75) is 26.0 Å². The summed E-state index contributed by atoms with van der Waals surface area (Å²) in [5.41, 5.74) is 2.14. The third-order valence-corrected chi connectivity index (χ3v) is 4.68. The highest BCUT2D eigenvalue weighted by molar-refractivity contribution is 5.69. The molecule has 3 heterocycles. The number of hydrogen-bond donors (Lipinski definition) is 1. The minimum Gasteiger partial charge on any atom is -0.493 e. The molecule has 1 unspecified atom stereocenters. The van der Waals surface area contributed by atoms with Gasteiger partial charge in [0.2, 0.25) is 11.7 Å². The first kappa shape index (κ1) is 17.8. The summed E-state index contributed by atoms with van der Waals surface area (Å²) in [7, 11) is 0. The Morgan fingerprint density at radius 3 is 2.64 bits per heavy atom. The van der Waals surface area contributed by atoms with Crippen molar-refractivity contribution in [3.05, 3.63) is 65.6 Å². The molecule has 28 heavy (non-hydrogen) atoms. The summed E-state index contributed by atoms with van der Waals surface area (Å²) in [5.74, 6) is 0.447. The molecule has 1 aromatic carbocycles. The molecule has 2 aromatic heterocycles. The van der Waals surface area contributed by atoms with Crippen molar-refractivity contribution >= 4 is 6.09 Å². The zero-order chi connectivity index (χ0) is 19.5. The van der Waals surface area contributed by atoms with Gasteiger partial charge in [-0.1, -0.05) is 30.3 Å². The van der Waals surface area contributed by atoms with Crippen LogP contribution in [-0.4, -0.2) is 42.6 Å². The molecule has 1 N–H and O–H groups in total. The van der Waals surface area contributed by atoms with E-state index in [2.05, 4.69) is 19.9 Å². The molecule has 8 heteroatoms. The Kier molecular flexibility index (Phi) is 4.84. The first-order valence-corrected chi connectivity index (χ1v) is 8.98. The van der Waals surface area contributed by atoms with Gasteiger partial charge < -0.3 is 14.7 Å². The SMILES string of the molecule is CC1c2c(O)nc(-c3ncccn3)nc2CCN1C(=O)OCc1ccccc1. The van der Waals surface area contributed by atoms with Gasteiger partial charge in [-0.15, -0.1) is 0 Å². The van der Waals surface area contributed by atoms with Crippen LogP contribution >= 0.6 is 0 Å². The lowest BCUT2D eigenvalue weighted by atomic mass is 9.99. The van der Waals surface area contributed by atoms with Crippen LogP contribution in [0.15, 0.2) is 48.8 Å². The lowest BCUT2D eigenvalue weighted by Crippen LogP contribution is -2.39. The fourth-order valence-electron chi connectivity index (χ4n) is 3.26. The highest BCUT2D eigenvalue weighted by atomic mass is 16.6. The summed E-state index contributed by atoms with van der Waals surface area (Å²) in [6.45, 7) is 2.46. The minimum atomic E-state index is -0.433. The quantitative estimate of drug-likeness (QED) is 0.749. The Morgan fingerprint density at radius 1 is 1.14 bits per heavy atom. The van der Waals surface area contributed by atoms with Crippen molar-refractivity contribution < 1.29 is 14.6 Å². The third kappa shape index (κ3) is 3.48. The van der Waals surface area contributed by atoms with Crippen LogP contribution in [0.3, 0.4) is 0 Å². The molecule has 3 aromatic rings. The monoisotopic (exact) mass is 377 g/mol. The van der Waals surface area contributed by atoms with E-state index in [0.29, 0.717) is 30.0 Å². The second kappa shape index (κ2) is 7.59. The molecule has 0 radical (unpaired) electrons. The lowest BCUT2D eigenvalue weighted by Gasteiger charge is -2.33. The van der Waals surface area contributed by atoms with Crippen LogP contribution in [0.2, 0.25) is 0 Å².